The number of nitrogens with one attached hydrogen (secondary N) is 3. The number of hydrogen-bond donors (Lipinski definition) is 4. The molecule has 6 rings (SSSR count). The number of aliphatic hydroxyl groups is 1. The first-order valence-electron chi connectivity index (χ1n) is 17.8. The van der Waals surface area contributed by atoms with Crippen LogP contribution in [0.15, 0.2) is 48.7 Å². The molecule has 3 heterocycles. The van der Waals surface area contributed by atoms with Crippen molar-refractivity contribution in [3.63, 3.8) is 0 Å². The number of hydrogen-bond acceptors (Lipinski definition) is 8. The molecule has 1 unspecified atom stereocenters. The van der Waals surface area contributed by atoms with E-state index in [1.54, 1.807) is 22.9 Å². The van der Waals surface area contributed by atoms with Gasteiger partial charge in [-0.05, 0) is 80.0 Å². The molecule has 3 atom stereocenters. The number of nitrogens with zero attached hydrogens (tertiary/aromatic N) is 4. The maximum Gasteiger partial charge on any atom is 0.407 e. The normalized spacial score (nSPS) is 13.8. The molecular formula is C39H47N7O6. The second-order valence-corrected chi connectivity index (χ2v) is 13.6. The van der Waals surface area contributed by atoms with Gasteiger partial charge in [0, 0.05) is 23.0 Å². The minimum atomic E-state index is -0.709. The van der Waals surface area contributed by atoms with Crippen LogP contribution in [0.5, 0.6) is 5.75 Å². The van der Waals surface area contributed by atoms with Gasteiger partial charge in [0.15, 0.2) is 0 Å². The summed E-state index contributed by atoms with van der Waals surface area (Å²) in [6.45, 7) is 10.5. The lowest BCUT2D eigenvalue weighted by molar-refractivity contribution is -0.136. The number of carbonyl (C=O) groups excluding carboxylic acids is 3. The summed E-state index contributed by atoms with van der Waals surface area (Å²) >= 11 is 0. The van der Waals surface area contributed by atoms with Gasteiger partial charge in [-0.15, -0.1) is 0 Å². The first-order chi connectivity index (χ1) is 25.0. The number of benzene rings is 3. The zero-order chi connectivity index (χ0) is 37.1. The highest BCUT2D eigenvalue weighted by Gasteiger charge is 2.25. The maximum absolute atomic E-state index is 13.0. The molecule has 3 amide bonds. The summed E-state index contributed by atoms with van der Waals surface area (Å²) in [4.78, 5) is 57.2. The van der Waals surface area contributed by atoms with E-state index in [4.69, 9.17) is 9.72 Å². The van der Waals surface area contributed by atoms with Crippen molar-refractivity contribution in [2.24, 2.45) is 0 Å². The van der Waals surface area contributed by atoms with Gasteiger partial charge >= 0.3 is 6.09 Å². The molecule has 0 bridgehead atoms. The number of imidazole rings is 2. The molecule has 1 aliphatic heterocycles. The molecule has 0 radical (unpaired) electrons. The Hall–Kier alpha value is -5.43. The van der Waals surface area contributed by atoms with E-state index >= 15 is 0 Å². The molecule has 4 N–H and O–H groups in total. The molecule has 0 aliphatic carbocycles. The number of H-pyrrole nitrogens is 2. The van der Waals surface area contributed by atoms with Gasteiger partial charge < -0.3 is 39.7 Å². The Labute approximate surface area is 302 Å². The average Bonchev–Trinajstić information content (AvgIpc) is 3.80. The molecule has 1 aliphatic rings. The smallest absolute Gasteiger partial charge is 0.407 e. The molecule has 0 fully saturated rings. The summed E-state index contributed by atoms with van der Waals surface area (Å²) in [7, 11) is 1.26. The van der Waals surface area contributed by atoms with Gasteiger partial charge in [0.2, 0.25) is 11.8 Å². The van der Waals surface area contributed by atoms with Crippen LogP contribution in [0.4, 0.5) is 4.79 Å². The van der Waals surface area contributed by atoms with Crippen LogP contribution in [0, 0.1) is 0 Å². The molecule has 52 heavy (non-hydrogen) atoms. The standard InChI is InChI=1S/C39H47N7O6/c1-7-22(3)45(36(48)13-24(5)47)20-35-42-31-12-10-25-15-30-28-11-9-26(14-27(28)21-52-33(30)16-29(25)38(31)44-35)32-17-40-34(43-32)19-46(23(4)8-2)37(49)18-41-39(50)51-6/h9-12,14-17,22-24,47H,7-8,13,18-21H2,1-6H3,(H,40,43)(H,41,50)(H,42,44)/t22-,23-,24?/m0/s1. The van der Waals surface area contributed by atoms with E-state index in [1.165, 1.54) is 7.11 Å². The molecule has 0 spiro atoms. The topological polar surface area (TPSA) is 166 Å². The van der Waals surface area contributed by atoms with Gasteiger partial charge in [-0.25, -0.2) is 14.8 Å². The first kappa shape index (κ1) is 36.4. The third kappa shape index (κ3) is 7.59. The van der Waals surface area contributed by atoms with Crippen molar-refractivity contribution in [1.82, 2.24) is 35.1 Å². The third-order valence-electron chi connectivity index (χ3n) is 9.90. The molecule has 13 heteroatoms. The summed E-state index contributed by atoms with van der Waals surface area (Å²) in [6, 6.07) is 14.5. The van der Waals surface area contributed by atoms with Crippen LogP contribution < -0.4 is 10.1 Å². The van der Waals surface area contributed by atoms with E-state index in [-0.39, 0.29) is 43.4 Å². The van der Waals surface area contributed by atoms with Crippen LogP contribution in [0.2, 0.25) is 0 Å². The van der Waals surface area contributed by atoms with E-state index < -0.39 is 12.2 Å². The number of aliphatic hydroxyl groups excluding tert-OH is 1. The fourth-order valence-electron chi connectivity index (χ4n) is 6.60. The van der Waals surface area contributed by atoms with Crippen LogP contribution in [-0.4, -0.2) is 84.6 Å². The summed E-state index contributed by atoms with van der Waals surface area (Å²) in [5, 5.41) is 14.3. The Balaban J connectivity index is 1.23. The number of ether oxygens (including phenoxy) is 2. The zero-order valence-corrected chi connectivity index (χ0v) is 30.6. The van der Waals surface area contributed by atoms with Crippen LogP contribution in [0.3, 0.4) is 0 Å². The molecule has 3 aromatic carbocycles. The van der Waals surface area contributed by atoms with E-state index in [1.807, 2.05) is 39.8 Å². The second-order valence-electron chi connectivity index (χ2n) is 13.6. The van der Waals surface area contributed by atoms with Gasteiger partial charge in [-0.2, -0.15) is 0 Å². The highest BCUT2D eigenvalue weighted by Crippen LogP contribution is 2.42. The van der Waals surface area contributed by atoms with Crippen LogP contribution >= 0.6 is 0 Å². The van der Waals surface area contributed by atoms with Crippen molar-refractivity contribution in [1.29, 1.82) is 0 Å². The van der Waals surface area contributed by atoms with Crippen LogP contribution in [-0.2, 0) is 34.0 Å². The number of methoxy groups -OCH3 is 1. The SMILES string of the molecule is CC[C@H](C)N(Cc1ncc(-c2ccc3c(c2)COc2cc4c(ccc5[nH]c(CN(C(=O)CC(C)O)[C@@H](C)CC)nc54)cc2-3)[nH]1)C(=O)CNC(=O)OC. The maximum atomic E-state index is 13.0. The minimum absolute atomic E-state index is 0.00587. The van der Waals surface area contributed by atoms with Gasteiger partial charge in [-0.1, -0.05) is 32.0 Å². The van der Waals surface area contributed by atoms with Gasteiger partial charge in [-0.3, -0.25) is 9.59 Å². The molecule has 0 saturated carbocycles. The highest BCUT2D eigenvalue weighted by atomic mass is 16.5. The van der Waals surface area contributed by atoms with Crippen molar-refractivity contribution in [2.45, 2.75) is 91.8 Å². The van der Waals surface area contributed by atoms with Crippen molar-refractivity contribution in [3.8, 4) is 28.1 Å². The van der Waals surface area contributed by atoms with Gasteiger partial charge in [0.1, 0.15) is 30.5 Å². The molecule has 13 nitrogen and oxygen atoms in total. The van der Waals surface area contributed by atoms with E-state index in [0.29, 0.717) is 24.8 Å². The summed E-state index contributed by atoms with van der Waals surface area (Å²) in [5.41, 5.74) is 6.59. The van der Waals surface area contributed by atoms with Crippen molar-refractivity contribution in [3.05, 3.63) is 65.9 Å². The molecule has 2 aromatic heterocycles. The van der Waals surface area contributed by atoms with E-state index in [9.17, 15) is 19.5 Å². The summed E-state index contributed by atoms with van der Waals surface area (Å²) in [6.07, 6.45) is 2.02. The summed E-state index contributed by atoms with van der Waals surface area (Å²) in [5.74, 6) is 1.78. The van der Waals surface area contributed by atoms with E-state index in [0.717, 1.165) is 68.3 Å². The minimum Gasteiger partial charge on any atom is -0.488 e. The van der Waals surface area contributed by atoms with Crippen molar-refractivity contribution in [2.75, 3.05) is 13.7 Å². The quantitative estimate of drug-likeness (QED) is 0.115. The lowest BCUT2D eigenvalue weighted by Crippen LogP contribution is -2.44. The molecule has 274 valence electrons. The molecular weight excluding hydrogens is 662 g/mol. The lowest BCUT2D eigenvalue weighted by atomic mass is 9.92. The number of alkyl carbamates (subject to hydrolysis) is 1. The first-order valence-corrected chi connectivity index (χ1v) is 17.8. The molecule has 0 saturated heterocycles. The Kier molecular flexibility index (Phi) is 10.8. The Bertz CT molecular complexity index is 2100. The Morgan fingerprint density at radius 2 is 1.67 bits per heavy atom. The summed E-state index contributed by atoms with van der Waals surface area (Å²) < 4.78 is 10.9. The number of fused-ring (bicyclic) bond motifs is 6. The monoisotopic (exact) mass is 709 g/mol. The van der Waals surface area contributed by atoms with Gasteiger partial charge in [0.25, 0.3) is 0 Å². The predicted molar refractivity (Wildman–Crippen MR) is 198 cm³/mol. The average molecular weight is 710 g/mol. The number of rotatable bonds is 13. The Morgan fingerprint density at radius 1 is 0.942 bits per heavy atom. The lowest BCUT2D eigenvalue weighted by Gasteiger charge is -2.28. The highest BCUT2D eigenvalue weighted by molar-refractivity contribution is 6.07. The van der Waals surface area contributed by atoms with Crippen molar-refractivity contribution < 1.29 is 29.0 Å². The fourth-order valence-corrected chi connectivity index (χ4v) is 6.60. The number of aromatic nitrogens is 4. The number of amides is 3. The fraction of sp³-hybridized carbons (Fsp3) is 0.410. The van der Waals surface area contributed by atoms with Crippen molar-refractivity contribution >= 4 is 39.7 Å². The number of aromatic amines is 2. The zero-order valence-electron chi connectivity index (χ0n) is 30.6. The molecule has 5 aromatic rings. The third-order valence-corrected chi connectivity index (χ3v) is 9.90. The number of carbonyl (C=O) groups is 3. The van der Waals surface area contributed by atoms with Crippen LogP contribution in [0.1, 0.15) is 71.1 Å². The van der Waals surface area contributed by atoms with Crippen LogP contribution in [0.25, 0.3) is 44.2 Å². The second kappa shape index (κ2) is 15.4. The largest absolute Gasteiger partial charge is 0.488 e. The Morgan fingerprint density at radius 3 is 2.38 bits per heavy atom. The van der Waals surface area contributed by atoms with Gasteiger partial charge in [0.05, 0.1) is 55.6 Å². The predicted octanol–water partition coefficient (Wildman–Crippen LogP) is 6.05. The van der Waals surface area contributed by atoms with E-state index in [2.05, 4.69) is 55.3 Å².